The molecule has 0 spiro atoms. The van der Waals surface area contributed by atoms with Gasteiger partial charge in [-0.2, -0.15) is 0 Å². The van der Waals surface area contributed by atoms with Crippen molar-refractivity contribution in [3.05, 3.63) is 28.2 Å². The molecule has 1 fully saturated rings. The standard InChI is InChI=1S/C17H27BrN2O/c1-12(2)15-10-20(17(3,4)11-19-15)9-13-6-7-16(21-5)14(18)8-13/h6-8,12,15,19H,9-11H2,1-5H3. The van der Waals surface area contributed by atoms with Gasteiger partial charge in [-0.25, -0.2) is 0 Å². The first-order valence-corrected chi connectivity index (χ1v) is 8.43. The molecule has 1 aromatic rings. The lowest BCUT2D eigenvalue weighted by molar-refractivity contribution is 0.0474. The van der Waals surface area contributed by atoms with E-state index in [0.29, 0.717) is 12.0 Å². The van der Waals surface area contributed by atoms with Crippen molar-refractivity contribution in [1.29, 1.82) is 0 Å². The Bertz CT molecular complexity index is 488. The van der Waals surface area contributed by atoms with E-state index in [1.54, 1.807) is 7.11 Å². The van der Waals surface area contributed by atoms with Crippen LogP contribution in [0.15, 0.2) is 22.7 Å². The second kappa shape index (κ2) is 6.67. The zero-order valence-electron chi connectivity index (χ0n) is 13.7. The molecule has 0 aliphatic carbocycles. The van der Waals surface area contributed by atoms with Crippen molar-refractivity contribution in [2.24, 2.45) is 5.92 Å². The molecule has 2 rings (SSSR count). The first-order valence-electron chi connectivity index (χ1n) is 7.64. The summed E-state index contributed by atoms with van der Waals surface area (Å²) in [6, 6.07) is 6.93. The Kier molecular flexibility index (Phi) is 5.33. The van der Waals surface area contributed by atoms with Crippen LogP contribution in [0.5, 0.6) is 5.75 Å². The highest BCUT2D eigenvalue weighted by molar-refractivity contribution is 9.10. The molecule has 4 heteroatoms. The number of hydrogen-bond acceptors (Lipinski definition) is 3. The molecule has 21 heavy (non-hydrogen) atoms. The second-order valence-corrected chi connectivity index (χ2v) is 7.75. The maximum absolute atomic E-state index is 5.31. The molecule has 1 heterocycles. The quantitative estimate of drug-likeness (QED) is 0.892. The molecule has 0 aromatic heterocycles. The van der Waals surface area contributed by atoms with Crippen LogP contribution in [0.3, 0.4) is 0 Å². The van der Waals surface area contributed by atoms with E-state index in [2.05, 4.69) is 66.0 Å². The summed E-state index contributed by atoms with van der Waals surface area (Å²) >= 11 is 3.58. The molecule has 1 aromatic carbocycles. The van der Waals surface area contributed by atoms with Gasteiger partial charge in [0, 0.05) is 31.2 Å². The van der Waals surface area contributed by atoms with Gasteiger partial charge in [0.15, 0.2) is 0 Å². The van der Waals surface area contributed by atoms with Gasteiger partial charge in [0.1, 0.15) is 5.75 Å². The third kappa shape index (κ3) is 3.99. The molecule has 0 amide bonds. The molecule has 118 valence electrons. The zero-order valence-corrected chi connectivity index (χ0v) is 15.3. The van der Waals surface area contributed by atoms with Gasteiger partial charge in [-0.1, -0.05) is 19.9 Å². The summed E-state index contributed by atoms with van der Waals surface area (Å²) in [5.74, 6) is 1.55. The van der Waals surface area contributed by atoms with Crippen molar-refractivity contribution < 1.29 is 4.74 Å². The van der Waals surface area contributed by atoms with Crippen LogP contribution in [0.4, 0.5) is 0 Å². The number of rotatable bonds is 4. The Balaban J connectivity index is 2.13. The van der Waals surface area contributed by atoms with Crippen LogP contribution in [-0.4, -0.2) is 36.7 Å². The number of benzene rings is 1. The lowest BCUT2D eigenvalue weighted by Gasteiger charge is -2.47. The van der Waals surface area contributed by atoms with Crippen molar-refractivity contribution in [3.63, 3.8) is 0 Å². The SMILES string of the molecule is COc1ccc(CN2CC(C(C)C)NCC2(C)C)cc1Br. The van der Waals surface area contributed by atoms with Crippen molar-refractivity contribution in [3.8, 4) is 5.75 Å². The number of methoxy groups -OCH3 is 1. The van der Waals surface area contributed by atoms with E-state index in [0.717, 1.165) is 29.9 Å². The molecule has 1 saturated heterocycles. The number of nitrogens with zero attached hydrogens (tertiary/aromatic N) is 1. The van der Waals surface area contributed by atoms with Crippen LogP contribution >= 0.6 is 15.9 Å². The summed E-state index contributed by atoms with van der Waals surface area (Å²) in [4.78, 5) is 2.59. The molecule has 0 bridgehead atoms. The van der Waals surface area contributed by atoms with Gasteiger partial charge >= 0.3 is 0 Å². The van der Waals surface area contributed by atoms with Gasteiger partial charge in [-0.15, -0.1) is 0 Å². The minimum absolute atomic E-state index is 0.178. The highest BCUT2D eigenvalue weighted by atomic mass is 79.9. The molecular weight excluding hydrogens is 328 g/mol. The van der Waals surface area contributed by atoms with E-state index < -0.39 is 0 Å². The third-order valence-corrected chi connectivity index (χ3v) is 5.08. The smallest absolute Gasteiger partial charge is 0.133 e. The number of ether oxygens (including phenoxy) is 1. The molecular formula is C17H27BrN2O. The van der Waals surface area contributed by atoms with Crippen molar-refractivity contribution >= 4 is 15.9 Å². The van der Waals surface area contributed by atoms with Crippen molar-refractivity contribution in [2.45, 2.75) is 45.8 Å². The first-order chi connectivity index (χ1) is 9.83. The van der Waals surface area contributed by atoms with Gasteiger partial charge in [-0.05, 0) is 53.4 Å². The molecule has 1 unspecified atom stereocenters. The third-order valence-electron chi connectivity index (χ3n) is 4.46. The van der Waals surface area contributed by atoms with Gasteiger partial charge in [0.2, 0.25) is 0 Å². The van der Waals surface area contributed by atoms with Crippen LogP contribution < -0.4 is 10.1 Å². The number of hydrogen-bond donors (Lipinski definition) is 1. The fourth-order valence-electron chi connectivity index (χ4n) is 2.80. The summed E-state index contributed by atoms with van der Waals surface area (Å²) in [6.07, 6.45) is 0. The Morgan fingerprint density at radius 1 is 1.43 bits per heavy atom. The van der Waals surface area contributed by atoms with Crippen LogP contribution in [-0.2, 0) is 6.54 Å². The predicted octanol–water partition coefficient (Wildman–Crippen LogP) is 3.67. The monoisotopic (exact) mass is 354 g/mol. The summed E-state index contributed by atoms with van der Waals surface area (Å²) in [5.41, 5.74) is 1.50. The van der Waals surface area contributed by atoms with Crippen LogP contribution in [0.1, 0.15) is 33.3 Å². The summed E-state index contributed by atoms with van der Waals surface area (Å²) in [6.45, 7) is 12.3. The minimum Gasteiger partial charge on any atom is -0.496 e. The Labute approximate surface area is 137 Å². The highest BCUT2D eigenvalue weighted by Gasteiger charge is 2.34. The minimum atomic E-state index is 0.178. The van der Waals surface area contributed by atoms with E-state index >= 15 is 0 Å². The maximum atomic E-state index is 5.31. The van der Waals surface area contributed by atoms with E-state index in [9.17, 15) is 0 Å². The topological polar surface area (TPSA) is 24.5 Å². The van der Waals surface area contributed by atoms with E-state index in [-0.39, 0.29) is 5.54 Å². The Morgan fingerprint density at radius 2 is 2.14 bits per heavy atom. The second-order valence-electron chi connectivity index (χ2n) is 6.89. The average Bonchev–Trinajstić information content (AvgIpc) is 2.41. The van der Waals surface area contributed by atoms with Crippen LogP contribution in [0.25, 0.3) is 0 Å². The average molecular weight is 355 g/mol. The number of piperazine rings is 1. The molecule has 0 saturated carbocycles. The number of halogens is 1. The molecule has 1 atom stereocenters. The summed E-state index contributed by atoms with van der Waals surface area (Å²) < 4.78 is 6.33. The largest absolute Gasteiger partial charge is 0.496 e. The fraction of sp³-hybridized carbons (Fsp3) is 0.647. The van der Waals surface area contributed by atoms with Gasteiger partial charge < -0.3 is 10.1 Å². The lowest BCUT2D eigenvalue weighted by atomic mass is 9.92. The normalized spacial score (nSPS) is 22.5. The molecule has 0 radical (unpaired) electrons. The van der Waals surface area contributed by atoms with E-state index in [1.807, 2.05) is 6.07 Å². The fourth-order valence-corrected chi connectivity index (χ4v) is 3.38. The van der Waals surface area contributed by atoms with E-state index in [4.69, 9.17) is 4.74 Å². The number of nitrogens with one attached hydrogen (secondary N) is 1. The van der Waals surface area contributed by atoms with E-state index in [1.165, 1.54) is 5.56 Å². The summed E-state index contributed by atoms with van der Waals surface area (Å²) in [7, 11) is 1.70. The zero-order chi connectivity index (χ0) is 15.6. The molecule has 3 nitrogen and oxygen atoms in total. The van der Waals surface area contributed by atoms with Crippen LogP contribution in [0, 0.1) is 5.92 Å². The Morgan fingerprint density at radius 3 is 2.71 bits per heavy atom. The lowest BCUT2D eigenvalue weighted by Crippen LogP contribution is -2.62. The van der Waals surface area contributed by atoms with Gasteiger partial charge in [-0.3, -0.25) is 4.90 Å². The van der Waals surface area contributed by atoms with Crippen LogP contribution in [0.2, 0.25) is 0 Å². The molecule has 1 aliphatic heterocycles. The van der Waals surface area contributed by atoms with Gasteiger partial charge in [0.05, 0.1) is 11.6 Å². The van der Waals surface area contributed by atoms with Crippen molar-refractivity contribution in [2.75, 3.05) is 20.2 Å². The Hall–Kier alpha value is -0.580. The maximum Gasteiger partial charge on any atom is 0.133 e. The molecule has 1 N–H and O–H groups in total. The predicted molar refractivity (Wildman–Crippen MR) is 91.8 cm³/mol. The highest BCUT2D eigenvalue weighted by Crippen LogP contribution is 2.28. The van der Waals surface area contributed by atoms with Gasteiger partial charge in [0.25, 0.3) is 0 Å². The summed E-state index contributed by atoms with van der Waals surface area (Å²) in [5, 5.41) is 3.68. The molecule has 1 aliphatic rings. The van der Waals surface area contributed by atoms with Crippen molar-refractivity contribution in [1.82, 2.24) is 10.2 Å². The first kappa shape index (κ1) is 16.8.